The largest absolute Gasteiger partial charge is 0.281 e. The third kappa shape index (κ3) is 4.80. The Balaban J connectivity index is 2.49. The molecule has 0 saturated heterocycles. The van der Waals surface area contributed by atoms with Crippen molar-refractivity contribution < 1.29 is 4.79 Å². The summed E-state index contributed by atoms with van der Waals surface area (Å²) < 4.78 is 0. The number of carbonyl (C=O) groups is 1. The summed E-state index contributed by atoms with van der Waals surface area (Å²) >= 11 is 5.27. The minimum Gasteiger partial charge on any atom is -0.281 e. The van der Waals surface area contributed by atoms with Crippen molar-refractivity contribution in [1.29, 1.82) is 0 Å². The summed E-state index contributed by atoms with van der Waals surface area (Å²) in [5, 5.41) is -0.253. The molecule has 0 N–H and O–H groups in total. The first-order valence-electron chi connectivity index (χ1n) is 5.09. The van der Waals surface area contributed by atoms with E-state index in [1.54, 1.807) is 0 Å². The zero-order chi connectivity index (χ0) is 11.1. The first-order chi connectivity index (χ1) is 7.22. The SMILES string of the molecule is C=CCc1cccc(CCCC(=O)Cl)c1. The van der Waals surface area contributed by atoms with Crippen molar-refractivity contribution in [2.75, 3.05) is 0 Å². The van der Waals surface area contributed by atoms with Crippen LogP contribution in [0.4, 0.5) is 0 Å². The molecule has 0 bridgehead atoms. The van der Waals surface area contributed by atoms with E-state index in [4.69, 9.17) is 11.6 Å². The van der Waals surface area contributed by atoms with Gasteiger partial charge in [0.05, 0.1) is 0 Å². The molecule has 0 unspecified atom stereocenters. The molecule has 15 heavy (non-hydrogen) atoms. The minimum atomic E-state index is -0.253. The fourth-order valence-electron chi connectivity index (χ4n) is 1.51. The molecule has 0 aliphatic heterocycles. The van der Waals surface area contributed by atoms with Crippen molar-refractivity contribution in [2.45, 2.75) is 25.7 Å². The fraction of sp³-hybridized carbons (Fsp3) is 0.308. The minimum absolute atomic E-state index is 0.253. The number of benzene rings is 1. The molecule has 2 heteroatoms. The lowest BCUT2D eigenvalue weighted by molar-refractivity contribution is -0.111. The van der Waals surface area contributed by atoms with Gasteiger partial charge in [-0.05, 0) is 42.0 Å². The molecular weight excluding hydrogens is 208 g/mol. The lowest BCUT2D eigenvalue weighted by Crippen LogP contribution is -1.91. The third-order valence-electron chi connectivity index (χ3n) is 2.21. The van der Waals surface area contributed by atoms with Crippen molar-refractivity contribution in [1.82, 2.24) is 0 Å². The first-order valence-corrected chi connectivity index (χ1v) is 5.47. The van der Waals surface area contributed by atoms with E-state index in [9.17, 15) is 4.79 Å². The summed E-state index contributed by atoms with van der Waals surface area (Å²) in [6.45, 7) is 3.71. The number of halogens is 1. The quantitative estimate of drug-likeness (QED) is 0.532. The highest BCUT2D eigenvalue weighted by molar-refractivity contribution is 6.63. The maximum atomic E-state index is 10.6. The van der Waals surface area contributed by atoms with E-state index in [2.05, 4.69) is 24.8 Å². The number of hydrogen-bond acceptors (Lipinski definition) is 1. The number of allylic oxidation sites excluding steroid dienone is 1. The molecule has 1 aromatic carbocycles. The maximum absolute atomic E-state index is 10.6. The second-order valence-corrected chi connectivity index (χ2v) is 3.94. The van der Waals surface area contributed by atoms with Gasteiger partial charge in [-0.3, -0.25) is 4.79 Å². The maximum Gasteiger partial charge on any atom is 0.221 e. The molecule has 0 aromatic heterocycles. The van der Waals surface area contributed by atoms with Crippen LogP contribution in [-0.2, 0) is 17.6 Å². The Bertz CT molecular complexity index is 344. The predicted molar refractivity (Wildman–Crippen MR) is 64.1 cm³/mol. The Morgan fingerprint density at radius 3 is 2.80 bits per heavy atom. The normalized spacial score (nSPS) is 9.93. The molecule has 0 atom stereocenters. The molecule has 0 spiro atoms. The van der Waals surface area contributed by atoms with Gasteiger partial charge in [-0.25, -0.2) is 0 Å². The zero-order valence-corrected chi connectivity index (χ0v) is 9.46. The summed E-state index contributed by atoms with van der Waals surface area (Å²) in [6.07, 6.45) is 4.96. The lowest BCUT2D eigenvalue weighted by atomic mass is 10.0. The fourth-order valence-corrected chi connectivity index (χ4v) is 1.64. The summed E-state index contributed by atoms with van der Waals surface area (Å²) in [7, 11) is 0. The highest BCUT2D eigenvalue weighted by atomic mass is 35.5. The van der Waals surface area contributed by atoms with Crippen LogP contribution < -0.4 is 0 Å². The highest BCUT2D eigenvalue weighted by Crippen LogP contribution is 2.10. The number of carbonyl (C=O) groups excluding carboxylic acids is 1. The Morgan fingerprint density at radius 1 is 1.40 bits per heavy atom. The number of aryl methyl sites for hydroxylation is 1. The van der Waals surface area contributed by atoms with Gasteiger partial charge in [-0.15, -0.1) is 6.58 Å². The van der Waals surface area contributed by atoms with E-state index < -0.39 is 0 Å². The monoisotopic (exact) mass is 222 g/mol. The Kier molecular flexibility index (Phi) is 5.13. The summed E-state index contributed by atoms with van der Waals surface area (Å²) in [6, 6.07) is 8.35. The molecule has 0 heterocycles. The Morgan fingerprint density at radius 2 is 2.13 bits per heavy atom. The van der Waals surface area contributed by atoms with Gasteiger partial charge in [0, 0.05) is 6.42 Å². The lowest BCUT2D eigenvalue weighted by Gasteiger charge is -2.02. The van der Waals surface area contributed by atoms with Gasteiger partial charge in [0.2, 0.25) is 5.24 Å². The average molecular weight is 223 g/mol. The molecule has 0 aliphatic carbocycles. The summed E-state index contributed by atoms with van der Waals surface area (Å²) in [5.74, 6) is 0. The van der Waals surface area contributed by atoms with E-state index in [1.807, 2.05) is 12.1 Å². The molecule has 0 radical (unpaired) electrons. The van der Waals surface area contributed by atoms with Crippen LogP contribution in [0.5, 0.6) is 0 Å². The molecule has 0 amide bonds. The second-order valence-electron chi connectivity index (χ2n) is 3.52. The zero-order valence-electron chi connectivity index (χ0n) is 8.71. The van der Waals surface area contributed by atoms with Gasteiger partial charge < -0.3 is 0 Å². The average Bonchev–Trinajstić information content (AvgIpc) is 2.18. The van der Waals surface area contributed by atoms with Crippen LogP contribution in [0.15, 0.2) is 36.9 Å². The molecule has 0 saturated carbocycles. The van der Waals surface area contributed by atoms with Gasteiger partial charge in [0.15, 0.2) is 0 Å². The molecule has 1 rings (SSSR count). The molecule has 0 aliphatic rings. The molecule has 0 fully saturated rings. The van der Waals surface area contributed by atoms with Crippen LogP contribution in [-0.4, -0.2) is 5.24 Å². The van der Waals surface area contributed by atoms with E-state index in [0.717, 1.165) is 19.3 Å². The standard InChI is InChI=1S/C13H15ClO/c1-2-5-11-6-3-7-12(10-11)8-4-9-13(14)15/h2-3,6-7,10H,1,4-5,8-9H2. The second kappa shape index (κ2) is 6.41. The van der Waals surface area contributed by atoms with Gasteiger partial charge in [0.1, 0.15) is 0 Å². The van der Waals surface area contributed by atoms with Crippen molar-refractivity contribution in [3.05, 3.63) is 48.0 Å². The van der Waals surface area contributed by atoms with Crippen molar-refractivity contribution in [3.63, 3.8) is 0 Å². The van der Waals surface area contributed by atoms with Crippen LogP contribution >= 0.6 is 11.6 Å². The van der Waals surface area contributed by atoms with Crippen LogP contribution in [0.25, 0.3) is 0 Å². The van der Waals surface area contributed by atoms with E-state index in [0.29, 0.717) is 6.42 Å². The summed E-state index contributed by atoms with van der Waals surface area (Å²) in [5.41, 5.74) is 2.52. The van der Waals surface area contributed by atoms with E-state index >= 15 is 0 Å². The molecular formula is C13H15ClO. The first kappa shape index (κ1) is 12.0. The topological polar surface area (TPSA) is 17.1 Å². The number of hydrogen-bond donors (Lipinski definition) is 0. The van der Waals surface area contributed by atoms with E-state index in [1.165, 1.54) is 11.1 Å². The molecule has 80 valence electrons. The molecule has 1 nitrogen and oxygen atoms in total. The summed E-state index contributed by atoms with van der Waals surface area (Å²) in [4.78, 5) is 10.6. The van der Waals surface area contributed by atoms with E-state index in [-0.39, 0.29) is 5.24 Å². The Labute approximate surface area is 95.8 Å². The number of rotatable bonds is 6. The van der Waals surface area contributed by atoms with Crippen LogP contribution in [0.1, 0.15) is 24.0 Å². The highest BCUT2D eigenvalue weighted by Gasteiger charge is 1.98. The van der Waals surface area contributed by atoms with Crippen molar-refractivity contribution in [3.8, 4) is 0 Å². The predicted octanol–water partition coefficient (Wildman–Crippen LogP) is 3.50. The van der Waals surface area contributed by atoms with Gasteiger partial charge in [0.25, 0.3) is 0 Å². The van der Waals surface area contributed by atoms with Gasteiger partial charge in [-0.1, -0.05) is 30.3 Å². The van der Waals surface area contributed by atoms with Crippen molar-refractivity contribution in [2.24, 2.45) is 0 Å². The molecule has 1 aromatic rings. The van der Waals surface area contributed by atoms with Crippen LogP contribution in [0.3, 0.4) is 0 Å². The van der Waals surface area contributed by atoms with Crippen molar-refractivity contribution >= 4 is 16.8 Å². The van der Waals surface area contributed by atoms with Crippen LogP contribution in [0, 0.1) is 0 Å². The third-order valence-corrected chi connectivity index (χ3v) is 2.40. The van der Waals surface area contributed by atoms with Gasteiger partial charge in [-0.2, -0.15) is 0 Å². The van der Waals surface area contributed by atoms with Gasteiger partial charge >= 0.3 is 0 Å². The smallest absolute Gasteiger partial charge is 0.221 e. The Hall–Kier alpha value is -1.08. The van der Waals surface area contributed by atoms with Crippen LogP contribution in [0.2, 0.25) is 0 Å².